The molecule has 0 radical (unpaired) electrons. The number of methoxy groups -OCH3 is 1. The SMILES string of the molecule is COCC(O)CN(C)Cc1nn(C)c2ccccc12. The Kier molecular flexibility index (Phi) is 4.52. The summed E-state index contributed by atoms with van der Waals surface area (Å²) in [4.78, 5) is 2.05. The van der Waals surface area contributed by atoms with Crippen molar-refractivity contribution in [2.75, 3.05) is 27.3 Å². The van der Waals surface area contributed by atoms with E-state index in [9.17, 15) is 5.11 Å². The number of hydrogen-bond acceptors (Lipinski definition) is 4. The molecule has 0 saturated carbocycles. The summed E-state index contributed by atoms with van der Waals surface area (Å²) in [6, 6.07) is 8.18. The summed E-state index contributed by atoms with van der Waals surface area (Å²) in [6.45, 7) is 1.63. The average Bonchev–Trinajstić information content (AvgIpc) is 2.67. The summed E-state index contributed by atoms with van der Waals surface area (Å²) in [7, 11) is 5.52. The van der Waals surface area contributed by atoms with Gasteiger partial charge < -0.3 is 9.84 Å². The molecule has 2 aromatic rings. The predicted octanol–water partition coefficient (Wildman–Crippen LogP) is 1.01. The van der Waals surface area contributed by atoms with Crippen molar-refractivity contribution < 1.29 is 9.84 Å². The van der Waals surface area contributed by atoms with Crippen LogP contribution in [0.15, 0.2) is 24.3 Å². The first-order valence-corrected chi connectivity index (χ1v) is 6.38. The highest BCUT2D eigenvalue weighted by Gasteiger charge is 2.12. The number of benzene rings is 1. The Morgan fingerprint density at radius 1 is 1.42 bits per heavy atom. The second kappa shape index (κ2) is 6.14. The van der Waals surface area contributed by atoms with Crippen LogP contribution in [0.5, 0.6) is 0 Å². The predicted molar refractivity (Wildman–Crippen MR) is 74.9 cm³/mol. The van der Waals surface area contributed by atoms with Crippen molar-refractivity contribution in [2.24, 2.45) is 7.05 Å². The average molecular weight is 263 g/mol. The van der Waals surface area contributed by atoms with Gasteiger partial charge >= 0.3 is 0 Å². The first kappa shape index (κ1) is 14.0. The Bertz CT molecular complexity index is 538. The van der Waals surface area contributed by atoms with E-state index in [0.717, 1.165) is 16.6 Å². The fourth-order valence-electron chi connectivity index (χ4n) is 2.33. The molecule has 1 aromatic heterocycles. The van der Waals surface area contributed by atoms with Gasteiger partial charge in [0.2, 0.25) is 0 Å². The number of para-hydroxylation sites is 1. The van der Waals surface area contributed by atoms with E-state index in [0.29, 0.717) is 19.7 Å². The van der Waals surface area contributed by atoms with Crippen LogP contribution in [-0.2, 0) is 18.3 Å². The van der Waals surface area contributed by atoms with Gasteiger partial charge in [-0.15, -0.1) is 0 Å². The van der Waals surface area contributed by atoms with Gasteiger partial charge in [-0.25, -0.2) is 0 Å². The van der Waals surface area contributed by atoms with E-state index < -0.39 is 6.10 Å². The van der Waals surface area contributed by atoms with Crippen molar-refractivity contribution in [3.63, 3.8) is 0 Å². The standard InChI is InChI=1S/C14H21N3O2/c1-16(8-11(18)10-19-3)9-13-12-6-4-5-7-14(12)17(2)15-13/h4-7,11,18H,8-10H2,1-3H3. The number of aromatic nitrogens is 2. The van der Waals surface area contributed by atoms with Crippen LogP contribution in [0.3, 0.4) is 0 Å². The van der Waals surface area contributed by atoms with Crippen molar-refractivity contribution >= 4 is 10.9 Å². The van der Waals surface area contributed by atoms with Crippen LogP contribution in [0.1, 0.15) is 5.69 Å². The number of rotatable bonds is 6. The maximum Gasteiger partial charge on any atom is 0.0900 e. The van der Waals surface area contributed by atoms with Crippen LogP contribution in [0.25, 0.3) is 10.9 Å². The first-order valence-electron chi connectivity index (χ1n) is 6.38. The van der Waals surface area contributed by atoms with E-state index in [4.69, 9.17) is 4.74 Å². The Hall–Kier alpha value is -1.43. The maximum atomic E-state index is 9.72. The molecular weight excluding hydrogens is 242 g/mol. The van der Waals surface area contributed by atoms with Crippen molar-refractivity contribution in [1.82, 2.24) is 14.7 Å². The van der Waals surface area contributed by atoms with E-state index in [-0.39, 0.29) is 0 Å². The minimum absolute atomic E-state index is 0.354. The van der Waals surface area contributed by atoms with Crippen LogP contribution >= 0.6 is 0 Å². The number of nitrogens with zero attached hydrogens (tertiary/aromatic N) is 3. The van der Waals surface area contributed by atoms with Gasteiger partial charge in [-0.1, -0.05) is 18.2 Å². The quantitative estimate of drug-likeness (QED) is 0.845. The molecule has 0 spiro atoms. The monoisotopic (exact) mass is 263 g/mol. The molecule has 104 valence electrons. The van der Waals surface area contributed by atoms with Crippen molar-refractivity contribution in [2.45, 2.75) is 12.6 Å². The third kappa shape index (κ3) is 3.32. The van der Waals surface area contributed by atoms with Crippen molar-refractivity contribution in [3.8, 4) is 0 Å². The topological polar surface area (TPSA) is 50.5 Å². The summed E-state index contributed by atoms with van der Waals surface area (Å²) in [5.41, 5.74) is 2.16. The van der Waals surface area contributed by atoms with Crippen molar-refractivity contribution in [1.29, 1.82) is 0 Å². The minimum atomic E-state index is -0.468. The van der Waals surface area contributed by atoms with E-state index in [2.05, 4.69) is 22.1 Å². The first-order chi connectivity index (χ1) is 9.11. The second-order valence-electron chi connectivity index (χ2n) is 4.89. The molecule has 1 atom stereocenters. The molecule has 0 aliphatic carbocycles. The zero-order valence-corrected chi connectivity index (χ0v) is 11.7. The van der Waals surface area contributed by atoms with Gasteiger partial charge in [0.1, 0.15) is 0 Å². The van der Waals surface area contributed by atoms with Crippen LogP contribution < -0.4 is 0 Å². The van der Waals surface area contributed by atoms with Crippen LogP contribution in [0.4, 0.5) is 0 Å². The minimum Gasteiger partial charge on any atom is -0.389 e. The van der Waals surface area contributed by atoms with Gasteiger partial charge in [0.05, 0.1) is 23.9 Å². The smallest absolute Gasteiger partial charge is 0.0900 e. The molecular formula is C14H21N3O2. The number of hydrogen-bond donors (Lipinski definition) is 1. The molecule has 1 heterocycles. The number of aryl methyl sites for hydroxylation is 1. The Morgan fingerprint density at radius 2 is 2.16 bits per heavy atom. The highest BCUT2D eigenvalue weighted by atomic mass is 16.5. The molecule has 0 aliphatic heterocycles. The third-order valence-corrected chi connectivity index (χ3v) is 3.14. The molecule has 19 heavy (non-hydrogen) atoms. The Balaban J connectivity index is 2.09. The lowest BCUT2D eigenvalue weighted by Crippen LogP contribution is -2.31. The van der Waals surface area contributed by atoms with Gasteiger partial charge in [-0.3, -0.25) is 9.58 Å². The van der Waals surface area contributed by atoms with E-state index in [1.165, 1.54) is 0 Å². The fraction of sp³-hybridized carbons (Fsp3) is 0.500. The molecule has 2 rings (SSSR count). The second-order valence-corrected chi connectivity index (χ2v) is 4.89. The van der Waals surface area contributed by atoms with Crippen LogP contribution in [-0.4, -0.2) is 53.2 Å². The number of fused-ring (bicyclic) bond motifs is 1. The van der Waals surface area contributed by atoms with Gasteiger partial charge in [0, 0.05) is 32.6 Å². The van der Waals surface area contributed by atoms with E-state index in [1.54, 1.807) is 7.11 Å². The van der Waals surface area contributed by atoms with E-state index in [1.807, 2.05) is 30.9 Å². The summed E-state index contributed by atoms with van der Waals surface area (Å²) in [5, 5.41) is 15.4. The summed E-state index contributed by atoms with van der Waals surface area (Å²) in [5.74, 6) is 0. The Morgan fingerprint density at radius 3 is 2.89 bits per heavy atom. The molecule has 1 aromatic carbocycles. The maximum absolute atomic E-state index is 9.72. The summed E-state index contributed by atoms with van der Waals surface area (Å²) < 4.78 is 6.83. The Labute approximate surface area is 113 Å². The molecule has 0 saturated heterocycles. The largest absolute Gasteiger partial charge is 0.389 e. The van der Waals surface area contributed by atoms with E-state index >= 15 is 0 Å². The van der Waals surface area contributed by atoms with Gasteiger partial charge in [0.25, 0.3) is 0 Å². The normalized spacial score (nSPS) is 13.3. The number of likely N-dealkylation sites (N-methyl/N-ethyl adjacent to an activating group) is 1. The van der Waals surface area contributed by atoms with Crippen molar-refractivity contribution in [3.05, 3.63) is 30.0 Å². The third-order valence-electron chi connectivity index (χ3n) is 3.14. The number of aliphatic hydroxyl groups is 1. The zero-order valence-electron chi connectivity index (χ0n) is 11.7. The zero-order chi connectivity index (χ0) is 13.8. The molecule has 0 amide bonds. The van der Waals surface area contributed by atoms with Gasteiger partial charge in [0.15, 0.2) is 0 Å². The lowest BCUT2D eigenvalue weighted by Gasteiger charge is -2.19. The molecule has 1 unspecified atom stereocenters. The molecule has 1 N–H and O–H groups in total. The highest BCUT2D eigenvalue weighted by Crippen LogP contribution is 2.18. The lowest BCUT2D eigenvalue weighted by atomic mass is 10.2. The highest BCUT2D eigenvalue weighted by molar-refractivity contribution is 5.81. The van der Waals surface area contributed by atoms with Crippen LogP contribution in [0.2, 0.25) is 0 Å². The molecule has 0 bridgehead atoms. The van der Waals surface area contributed by atoms with Gasteiger partial charge in [-0.05, 0) is 13.1 Å². The molecule has 0 fully saturated rings. The molecule has 0 aliphatic rings. The fourth-order valence-corrected chi connectivity index (χ4v) is 2.33. The molecule has 5 nitrogen and oxygen atoms in total. The van der Waals surface area contributed by atoms with Crippen LogP contribution in [0, 0.1) is 0 Å². The number of aliphatic hydroxyl groups excluding tert-OH is 1. The summed E-state index contributed by atoms with van der Waals surface area (Å²) in [6.07, 6.45) is -0.468. The summed E-state index contributed by atoms with van der Waals surface area (Å²) >= 11 is 0. The molecule has 5 heteroatoms. The lowest BCUT2D eigenvalue weighted by molar-refractivity contribution is 0.0417. The van der Waals surface area contributed by atoms with Gasteiger partial charge in [-0.2, -0.15) is 5.10 Å². The number of ether oxygens (including phenoxy) is 1.